The molecule has 1 aromatic rings. The van der Waals surface area contributed by atoms with E-state index >= 15 is 0 Å². The van der Waals surface area contributed by atoms with Crippen LogP contribution in [0.15, 0.2) is 12.1 Å². The van der Waals surface area contributed by atoms with E-state index in [9.17, 15) is 0 Å². The van der Waals surface area contributed by atoms with Crippen LogP contribution in [-0.2, 0) is 12.8 Å². The van der Waals surface area contributed by atoms with Crippen LogP contribution < -0.4 is 0 Å². The lowest BCUT2D eigenvalue weighted by Gasteiger charge is -2.14. The number of nitriles is 1. The Morgan fingerprint density at radius 1 is 1.33 bits per heavy atom. The summed E-state index contributed by atoms with van der Waals surface area (Å²) >= 11 is 0. The zero-order chi connectivity index (χ0) is 8.39. The number of rotatable bonds is 0. The van der Waals surface area contributed by atoms with Gasteiger partial charge in [0.25, 0.3) is 0 Å². The number of fused-ring (bicyclic) bond motifs is 1. The van der Waals surface area contributed by atoms with Gasteiger partial charge >= 0.3 is 0 Å². The van der Waals surface area contributed by atoms with Crippen molar-refractivity contribution in [1.82, 2.24) is 0 Å². The highest BCUT2D eigenvalue weighted by molar-refractivity contribution is 5.38. The van der Waals surface area contributed by atoms with Gasteiger partial charge in [-0.1, -0.05) is 0 Å². The molecule has 0 aliphatic heterocycles. The average Bonchev–Trinajstić information content (AvgIpc) is 2.17. The molecule has 0 heterocycles. The van der Waals surface area contributed by atoms with Crippen LogP contribution >= 0.6 is 0 Å². The van der Waals surface area contributed by atoms with E-state index in [1.54, 1.807) is 6.07 Å². The minimum Gasteiger partial charge on any atom is -0.192 e. The standard InChI is InChI=1S/C11H10N/c12-8-9-5-6-10-3-1-2-4-11(10)7-9/h5,7H,1-4H2. The number of nitrogens with zero attached hydrogens (tertiary/aromatic N) is 1. The Morgan fingerprint density at radius 3 is 3.00 bits per heavy atom. The number of aryl methyl sites for hydroxylation is 2. The Bertz CT molecular complexity index is 333. The zero-order valence-corrected chi connectivity index (χ0v) is 6.93. The molecule has 0 N–H and O–H groups in total. The largest absolute Gasteiger partial charge is 0.192 e. The molecule has 0 fully saturated rings. The molecule has 12 heavy (non-hydrogen) atoms. The van der Waals surface area contributed by atoms with Gasteiger partial charge < -0.3 is 0 Å². The maximum absolute atomic E-state index is 8.67. The second kappa shape index (κ2) is 2.98. The highest BCUT2D eigenvalue weighted by Crippen LogP contribution is 2.21. The van der Waals surface area contributed by atoms with Crippen LogP contribution in [0.2, 0.25) is 0 Å². The fourth-order valence-electron chi connectivity index (χ4n) is 1.71. The minimum atomic E-state index is 0.746. The van der Waals surface area contributed by atoms with E-state index in [0.29, 0.717) is 0 Å². The third kappa shape index (κ3) is 1.21. The van der Waals surface area contributed by atoms with Crippen molar-refractivity contribution >= 4 is 0 Å². The minimum absolute atomic E-state index is 0.746. The van der Waals surface area contributed by atoms with E-state index in [2.05, 4.69) is 12.1 Å². The molecule has 2 rings (SSSR count). The summed E-state index contributed by atoms with van der Waals surface area (Å²) in [6.07, 6.45) is 4.80. The second-order valence-corrected chi connectivity index (χ2v) is 3.21. The number of hydrogen-bond donors (Lipinski definition) is 0. The highest BCUT2D eigenvalue weighted by Gasteiger charge is 2.08. The van der Waals surface area contributed by atoms with Crippen LogP contribution in [-0.4, -0.2) is 0 Å². The van der Waals surface area contributed by atoms with Crippen molar-refractivity contribution < 1.29 is 0 Å². The molecule has 59 valence electrons. The topological polar surface area (TPSA) is 23.8 Å². The Balaban J connectivity index is 2.44. The third-order valence-electron chi connectivity index (χ3n) is 2.37. The molecule has 1 aliphatic rings. The van der Waals surface area contributed by atoms with Crippen LogP contribution in [0.25, 0.3) is 0 Å². The van der Waals surface area contributed by atoms with E-state index in [1.807, 2.05) is 6.07 Å². The SMILES string of the molecule is N#Cc1c[c]c2c(c1)CCCC2. The number of hydrogen-bond acceptors (Lipinski definition) is 1. The summed E-state index contributed by atoms with van der Waals surface area (Å²) in [6, 6.07) is 9.13. The average molecular weight is 156 g/mol. The first-order valence-corrected chi connectivity index (χ1v) is 4.34. The Kier molecular flexibility index (Phi) is 1.83. The van der Waals surface area contributed by atoms with Crippen LogP contribution in [0.1, 0.15) is 29.5 Å². The van der Waals surface area contributed by atoms with Gasteiger partial charge in [0.05, 0.1) is 11.6 Å². The van der Waals surface area contributed by atoms with Crippen LogP contribution in [0, 0.1) is 17.4 Å². The van der Waals surface area contributed by atoms with Gasteiger partial charge in [0.2, 0.25) is 0 Å². The van der Waals surface area contributed by atoms with Gasteiger partial charge in [0, 0.05) is 0 Å². The highest BCUT2D eigenvalue weighted by atomic mass is 14.2. The van der Waals surface area contributed by atoms with Gasteiger partial charge in [-0.2, -0.15) is 5.26 Å². The molecule has 0 saturated carbocycles. The summed E-state index contributed by atoms with van der Waals surface area (Å²) in [5.41, 5.74) is 3.40. The first-order valence-electron chi connectivity index (χ1n) is 4.34. The molecule has 1 heteroatoms. The van der Waals surface area contributed by atoms with E-state index in [-0.39, 0.29) is 0 Å². The molecule has 1 aromatic carbocycles. The molecule has 1 nitrogen and oxygen atoms in total. The fourth-order valence-corrected chi connectivity index (χ4v) is 1.71. The molecule has 0 saturated heterocycles. The second-order valence-electron chi connectivity index (χ2n) is 3.21. The van der Waals surface area contributed by atoms with E-state index in [4.69, 9.17) is 5.26 Å². The van der Waals surface area contributed by atoms with Gasteiger partial charge in [0.15, 0.2) is 0 Å². The first-order chi connectivity index (χ1) is 5.90. The molecule has 0 atom stereocenters. The zero-order valence-electron chi connectivity index (χ0n) is 6.93. The van der Waals surface area contributed by atoms with Gasteiger partial charge in [-0.05, 0) is 55.0 Å². The third-order valence-corrected chi connectivity index (χ3v) is 2.37. The number of benzene rings is 1. The van der Waals surface area contributed by atoms with Gasteiger partial charge in [0.1, 0.15) is 0 Å². The summed E-state index contributed by atoms with van der Waals surface area (Å²) in [4.78, 5) is 0. The first kappa shape index (κ1) is 7.36. The van der Waals surface area contributed by atoms with E-state index in [1.165, 1.54) is 24.0 Å². The van der Waals surface area contributed by atoms with Crippen LogP contribution in [0.3, 0.4) is 0 Å². The summed E-state index contributed by atoms with van der Waals surface area (Å²) < 4.78 is 0. The van der Waals surface area contributed by atoms with E-state index < -0.39 is 0 Å². The summed E-state index contributed by atoms with van der Waals surface area (Å²) in [5, 5.41) is 8.67. The Morgan fingerprint density at radius 2 is 2.17 bits per heavy atom. The van der Waals surface area contributed by atoms with Crippen molar-refractivity contribution in [2.24, 2.45) is 0 Å². The van der Waals surface area contributed by atoms with Crippen molar-refractivity contribution in [3.05, 3.63) is 34.9 Å². The fraction of sp³-hybridized carbons (Fsp3) is 0.364. The predicted octanol–water partition coefficient (Wildman–Crippen LogP) is 2.24. The predicted molar refractivity (Wildman–Crippen MR) is 46.6 cm³/mol. The summed E-state index contributed by atoms with van der Waals surface area (Å²) in [5.74, 6) is 0. The monoisotopic (exact) mass is 156 g/mol. The van der Waals surface area contributed by atoms with Crippen molar-refractivity contribution in [2.75, 3.05) is 0 Å². The Labute approximate surface area is 72.6 Å². The lowest BCUT2D eigenvalue weighted by molar-refractivity contribution is 0.684. The van der Waals surface area contributed by atoms with Gasteiger partial charge in [-0.25, -0.2) is 0 Å². The summed E-state index contributed by atoms with van der Waals surface area (Å²) in [6.45, 7) is 0. The lowest BCUT2D eigenvalue weighted by Crippen LogP contribution is -2.02. The van der Waals surface area contributed by atoms with Gasteiger partial charge in [-0.15, -0.1) is 0 Å². The van der Waals surface area contributed by atoms with Crippen LogP contribution in [0.4, 0.5) is 0 Å². The molecular weight excluding hydrogens is 146 g/mol. The maximum Gasteiger partial charge on any atom is 0.0991 e. The Hall–Kier alpha value is -1.29. The van der Waals surface area contributed by atoms with Gasteiger partial charge in [-0.3, -0.25) is 0 Å². The van der Waals surface area contributed by atoms with Crippen molar-refractivity contribution in [1.29, 1.82) is 5.26 Å². The van der Waals surface area contributed by atoms with Crippen molar-refractivity contribution in [3.8, 4) is 6.07 Å². The summed E-state index contributed by atoms with van der Waals surface area (Å²) in [7, 11) is 0. The van der Waals surface area contributed by atoms with Crippen molar-refractivity contribution in [3.63, 3.8) is 0 Å². The van der Waals surface area contributed by atoms with Crippen LogP contribution in [0.5, 0.6) is 0 Å². The molecule has 0 spiro atoms. The molecule has 0 aromatic heterocycles. The maximum atomic E-state index is 8.67. The quantitative estimate of drug-likeness (QED) is 0.565. The molecule has 0 bridgehead atoms. The molecule has 1 radical (unpaired) electrons. The molecule has 0 unspecified atom stereocenters. The van der Waals surface area contributed by atoms with E-state index in [0.717, 1.165) is 18.4 Å². The normalized spacial score (nSPS) is 14.9. The smallest absolute Gasteiger partial charge is 0.0991 e. The van der Waals surface area contributed by atoms with Crippen molar-refractivity contribution in [2.45, 2.75) is 25.7 Å². The molecular formula is C11H10N. The molecule has 1 aliphatic carbocycles. The lowest BCUT2D eigenvalue weighted by atomic mass is 9.91. The molecule has 0 amide bonds.